The first-order chi connectivity index (χ1) is 11.2. The highest BCUT2D eigenvalue weighted by molar-refractivity contribution is 6.35. The molecule has 0 fully saturated rings. The number of nitrogens with two attached hydrogens (primary N) is 1. The van der Waals surface area contributed by atoms with Crippen molar-refractivity contribution >= 4 is 23.2 Å². The molecule has 1 aromatic carbocycles. The second kappa shape index (κ2) is 5.73. The van der Waals surface area contributed by atoms with Gasteiger partial charge in [-0.15, -0.1) is 0 Å². The first-order valence-electron chi connectivity index (χ1n) is 7.26. The van der Waals surface area contributed by atoms with Crippen molar-refractivity contribution < 1.29 is 9.15 Å². The fraction of sp³-hybridized carbons (Fsp3) is 0.294. The number of aromatic nitrogens is 1. The van der Waals surface area contributed by atoms with Crippen molar-refractivity contribution in [3.63, 3.8) is 0 Å². The normalized spacial score (nSPS) is 17.2. The minimum absolute atomic E-state index is 0.0161. The molecule has 1 aliphatic rings. The second-order valence-corrected chi connectivity index (χ2v) is 7.38. The van der Waals surface area contributed by atoms with Crippen LogP contribution in [0.1, 0.15) is 43.8 Å². The minimum Gasteiger partial charge on any atom is -0.409 e. The molecule has 0 aliphatic carbocycles. The Balaban J connectivity index is 2.23. The van der Waals surface area contributed by atoms with E-state index in [1.54, 1.807) is 18.2 Å². The predicted molar refractivity (Wildman–Crippen MR) is 91.0 cm³/mol. The quantitative estimate of drug-likeness (QED) is 0.805. The van der Waals surface area contributed by atoms with Gasteiger partial charge < -0.3 is 14.9 Å². The summed E-state index contributed by atoms with van der Waals surface area (Å²) in [6, 6.07) is 7.16. The predicted octanol–water partition coefficient (Wildman–Crippen LogP) is 4.50. The first kappa shape index (κ1) is 16.7. The van der Waals surface area contributed by atoms with Crippen LogP contribution in [0.15, 0.2) is 34.1 Å². The highest BCUT2D eigenvalue weighted by Gasteiger charge is 2.38. The van der Waals surface area contributed by atoms with E-state index in [4.69, 9.17) is 38.1 Å². The minimum atomic E-state index is -0.566. The lowest BCUT2D eigenvalue weighted by atomic mass is 9.88. The van der Waals surface area contributed by atoms with Gasteiger partial charge in [-0.2, -0.15) is 5.26 Å². The van der Waals surface area contributed by atoms with Crippen LogP contribution >= 0.6 is 23.2 Å². The zero-order valence-corrected chi connectivity index (χ0v) is 14.9. The van der Waals surface area contributed by atoms with Gasteiger partial charge in [-0.3, -0.25) is 0 Å². The van der Waals surface area contributed by atoms with Crippen LogP contribution in [0.2, 0.25) is 10.0 Å². The average Bonchev–Trinajstić information content (AvgIpc) is 2.90. The summed E-state index contributed by atoms with van der Waals surface area (Å²) < 4.78 is 11.2. The summed E-state index contributed by atoms with van der Waals surface area (Å²) in [5.74, 6) is 0.100. The van der Waals surface area contributed by atoms with E-state index >= 15 is 0 Å². The van der Waals surface area contributed by atoms with Crippen LogP contribution in [0, 0.1) is 11.3 Å². The van der Waals surface area contributed by atoms with E-state index < -0.39 is 5.92 Å². The van der Waals surface area contributed by atoms with E-state index in [2.05, 4.69) is 11.1 Å². The van der Waals surface area contributed by atoms with Crippen molar-refractivity contribution in [1.82, 2.24) is 4.98 Å². The van der Waals surface area contributed by atoms with Crippen molar-refractivity contribution in [2.75, 3.05) is 0 Å². The lowest BCUT2D eigenvalue weighted by molar-refractivity contribution is 0.268. The average molecular weight is 364 g/mol. The monoisotopic (exact) mass is 363 g/mol. The fourth-order valence-corrected chi connectivity index (χ4v) is 3.00. The molecule has 0 amide bonds. The Labute approximate surface area is 149 Å². The molecule has 3 rings (SSSR count). The number of oxazole rings is 1. The summed E-state index contributed by atoms with van der Waals surface area (Å²) in [5.41, 5.74) is 6.97. The molecule has 2 heterocycles. The van der Waals surface area contributed by atoms with E-state index in [0.717, 1.165) is 0 Å². The maximum absolute atomic E-state index is 9.54. The summed E-state index contributed by atoms with van der Waals surface area (Å²) >= 11 is 12.3. The molecule has 5 nitrogen and oxygen atoms in total. The molecule has 0 saturated heterocycles. The molecule has 0 radical (unpaired) electrons. The van der Waals surface area contributed by atoms with Crippen LogP contribution in [0.3, 0.4) is 0 Å². The number of ether oxygens (including phenoxy) is 1. The lowest BCUT2D eigenvalue weighted by Crippen LogP contribution is -2.21. The highest BCUT2D eigenvalue weighted by Crippen LogP contribution is 2.45. The topological polar surface area (TPSA) is 85.1 Å². The van der Waals surface area contributed by atoms with Gasteiger partial charge >= 0.3 is 5.95 Å². The van der Waals surface area contributed by atoms with E-state index in [-0.39, 0.29) is 22.8 Å². The van der Waals surface area contributed by atoms with E-state index in [0.29, 0.717) is 27.2 Å². The number of benzene rings is 1. The number of hydrogen-bond donors (Lipinski definition) is 1. The van der Waals surface area contributed by atoms with Gasteiger partial charge in [0.05, 0.1) is 5.92 Å². The Bertz CT molecular complexity index is 888. The molecule has 1 aromatic heterocycles. The highest BCUT2D eigenvalue weighted by atomic mass is 35.5. The van der Waals surface area contributed by atoms with Crippen molar-refractivity contribution in [3.8, 4) is 12.0 Å². The zero-order valence-electron chi connectivity index (χ0n) is 13.4. The first-order valence-corrected chi connectivity index (χ1v) is 8.01. The van der Waals surface area contributed by atoms with E-state index in [1.165, 1.54) is 0 Å². The second-order valence-electron chi connectivity index (χ2n) is 6.53. The molecule has 1 unspecified atom stereocenters. The Kier molecular flexibility index (Phi) is 3.98. The van der Waals surface area contributed by atoms with Gasteiger partial charge in [-0.1, -0.05) is 50.0 Å². The number of rotatable bonds is 1. The molecule has 124 valence electrons. The number of nitrogens with zero attached hydrogens (tertiary/aromatic N) is 2. The van der Waals surface area contributed by atoms with E-state index in [1.807, 2.05) is 20.8 Å². The molecule has 0 bridgehead atoms. The molecular formula is C17H15Cl2N3O2. The molecule has 2 aromatic rings. The van der Waals surface area contributed by atoms with Gasteiger partial charge in [-0.05, 0) is 17.7 Å². The zero-order chi connectivity index (χ0) is 17.6. The molecule has 0 spiro atoms. The number of fused-ring (bicyclic) bond motifs is 1. The standard InChI is InChI=1S/C17H15Cl2N3O2/c1-17(2,3)16-22-13-12(9-5-4-8(18)6-11(9)19)10(7-20)14(21)23-15(13)24-16/h4-6,12H,21H2,1-3H3. The van der Waals surface area contributed by atoms with Gasteiger partial charge in [0, 0.05) is 15.5 Å². The van der Waals surface area contributed by atoms with Crippen LogP contribution in [0.25, 0.3) is 0 Å². The smallest absolute Gasteiger partial charge is 0.316 e. The summed E-state index contributed by atoms with van der Waals surface area (Å²) in [6.07, 6.45) is 0. The van der Waals surface area contributed by atoms with E-state index in [9.17, 15) is 5.26 Å². The van der Waals surface area contributed by atoms with Gasteiger partial charge in [0.15, 0.2) is 0 Å². The van der Waals surface area contributed by atoms with Gasteiger partial charge in [0.1, 0.15) is 17.3 Å². The Hall–Kier alpha value is -2.16. The SMILES string of the molecule is CC(C)(C)c1nc2c(o1)OC(N)=C(C#N)C2c1ccc(Cl)cc1Cl. The third-order valence-corrected chi connectivity index (χ3v) is 4.25. The molecule has 24 heavy (non-hydrogen) atoms. The van der Waals surface area contributed by atoms with Crippen molar-refractivity contribution in [2.45, 2.75) is 32.1 Å². The van der Waals surface area contributed by atoms with Crippen molar-refractivity contribution in [1.29, 1.82) is 5.26 Å². The van der Waals surface area contributed by atoms with Crippen molar-refractivity contribution in [3.05, 3.63) is 56.8 Å². The van der Waals surface area contributed by atoms with Crippen LogP contribution < -0.4 is 10.5 Å². The molecule has 2 N–H and O–H groups in total. The molecular weight excluding hydrogens is 349 g/mol. The number of halogens is 2. The van der Waals surface area contributed by atoms with Gasteiger partial charge in [0.2, 0.25) is 11.8 Å². The van der Waals surface area contributed by atoms with Gasteiger partial charge in [-0.25, -0.2) is 4.98 Å². The maximum atomic E-state index is 9.54. The Morgan fingerprint density at radius 1 is 1.29 bits per heavy atom. The molecule has 7 heteroatoms. The third-order valence-electron chi connectivity index (χ3n) is 3.69. The van der Waals surface area contributed by atoms with Crippen LogP contribution in [-0.4, -0.2) is 4.98 Å². The summed E-state index contributed by atoms with van der Waals surface area (Å²) in [6.45, 7) is 5.91. The molecule has 1 atom stereocenters. The van der Waals surface area contributed by atoms with Crippen molar-refractivity contribution in [2.24, 2.45) is 5.73 Å². The summed E-state index contributed by atoms with van der Waals surface area (Å²) in [5, 5.41) is 10.5. The maximum Gasteiger partial charge on any atom is 0.316 e. The summed E-state index contributed by atoms with van der Waals surface area (Å²) in [7, 11) is 0. The van der Waals surface area contributed by atoms with Gasteiger partial charge in [0.25, 0.3) is 0 Å². The molecule has 0 saturated carbocycles. The molecule has 1 aliphatic heterocycles. The number of allylic oxidation sites excluding steroid dienone is 1. The fourth-order valence-electron chi connectivity index (χ4n) is 2.49. The Morgan fingerprint density at radius 3 is 2.58 bits per heavy atom. The number of hydrogen-bond acceptors (Lipinski definition) is 5. The largest absolute Gasteiger partial charge is 0.409 e. The Morgan fingerprint density at radius 2 is 2.00 bits per heavy atom. The lowest BCUT2D eigenvalue weighted by Gasteiger charge is -2.22. The van der Waals surface area contributed by atoms with Crippen LogP contribution in [0.5, 0.6) is 5.95 Å². The summed E-state index contributed by atoms with van der Waals surface area (Å²) in [4.78, 5) is 4.55. The third kappa shape index (κ3) is 2.72. The van der Waals surface area contributed by atoms with Crippen LogP contribution in [-0.2, 0) is 5.41 Å². The number of nitriles is 1. The van der Waals surface area contributed by atoms with Crippen LogP contribution in [0.4, 0.5) is 0 Å².